The topological polar surface area (TPSA) is 63.6 Å². The van der Waals surface area contributed by atoms with Crippen LogP contribution in [0.25, 0.3) is 0 Å². The number of aliphatic hydroxyl groups excluding tert-OH is 1. The van der Waals surface area contributed by atoms with Crippen molar-refractivity contribution in [3.63, 3.8) is 0 Å². The minimum Gasteiger partial charge on any atom is -0.495 e. The summed E-state index contributed by atoms with van der Waals surface area (Å²) in [6.45, 7) is -0.411. The van der Waals surface area contributed by atoms with Crippen LogP contribution in [-0.2, 0) is 9.84 Å². The lowest BCUT2D eigenvalue weighted by atomic mass is 10.3. The van der Waals surface area contributed by atoms with E-state index in [0.717, 1.165) is 0 Å². The third-order valence-electron chi connectivity index (χ3n) is 1.84. The molecule has 0 saturated heterocycles. The maximum atomic E-state index is 11.5. The Morgan fingerprint density at radius 3 is 2.60 bits per heavy atom. The maximum Gasteiger partial charge on any atom is 0.180 e. The molecule has 0 saturated carbocycles. The highest BCUT2D eigenvalue weighted by atomic mass is 35.5. The van der Waals surface area contributed by atoms with E-state index in [-0.39, 0.29) is 15.7 Å². The van der Waals surface area contributed by atoms with Crippen LogP contribution in [-0.4, -0.2) is 33.0 Å². The first-order chi connectivity index (χ1) is 7.01. The van der Waals surface area contributed by atoms with Crippen LogP contribution in [0.2, 0.25) is 5.02 Å². The van der Waals surface area contributed by atoms with Crippen molar-refractivity contribution >= 4 is 21.4 Å². The average Bonchev–Trinajstić information content (AvgIpc) is 2.17. The predicted molar refractivity (Wildman–Crippen MR) is 57.1 cm³/mol. The Labute approximate surface area is 93.4 Å². The third-order valence-corrected chi connectivity index (χ3v) is 3.83. The maximum absolute atomic E-state index is 11.5. The summed E-state index contributed by atoms with van der Waals surface area (Å²) in [4.78, 5) is 0.0855. The number of sulfone groups is 1. The molecule has 1 aromatic carbocycles. The van der Waals surface area contributed by atoms with Crippen molar-refractivity contribution < 1.29 is 18.3 Å². The number of hydrogen-bond donors (Lipinski definition) is 1. The number of methoxy groups -OCH3 is 1. The molecule has 15 heavy (non-hydrogen) atoms. The highest BCUT2D eigenvalue weighted by molar-refractivity contribution is 7.91. The molecule has 84 valence electrons. The van der Waals surface area contributed by atoms with Gasteiger partial charge < -0.3 is 9.84 Å². The smallest absolute Gasteiger partial charge is 0.180 e. The lowest BCUT2D eigenvalue weighted by Crippen LogP contribution is -2.09. The minimum atomic E-state index is -3.45. The monoisotopic (exact) mass is 250 g/mol. The van der Waals surface area contributed by atoms with Crippen LogP contribution in [0.4, 0.5) is 0 Å². The van der Waals surface area contributed by atoms with E-state index in [4.69, 9.17) is 21.4 Å². The summed E-state index contributed by atoms with van der Waals surface area (Å²) in [7, 11) is -2.00. The van der Waals surface area contributed by atoms with Gasteiger partial charge in [0.2, 0.25) is 0 Å². The van der Waals surface area contributed by atoms with Crippen LogP contribution in [0.15, 0.2) is 23.1 Å². The number of rotatable bonds is 4. The first-order valence-corrected chi connectivity index (χ1v) is 6.21. The molecule has 1 aromatic rings. The van der Waals surface area contributed by atoms with Crippen molar-refractivity contribution in [2.24, 2.45) is 0 Å². The molecule has 0 aromatic heterocycles. The van der Waals surface area contributed by atoms with Gasteiger partial charge in [-0.1, -0.05) is 11.6 Å². The van der Waals surface area contributed by atoms with E-state index in [1.807, 2.05) is 0 Å². The van der Waals surface area contributed by atoms with Gasteiger partial charge in [-0.15, -0.1) is 0 Å². The first-order valence-electron chi connectivity index (χ1n) is 4.18. The summed E-state index contributed by atoms with van der Waals surface area (Å²) < 4.78 is 27.9. The van der Waals surface area contributed by atoms with Crippen molar-refractivity contribution in [1.29, 1.82) is 0 Å². The summed E-state index contributed by atoms with van der Waals surface area (Å²) in [5.74, 6) is 0.106. The van der Waals surface area contributed by atoms with Crippen LogP contribution < -0.4 is 4.74 Å². The molecule has 4 nitrogen and oxygen atoms in total. The second-order valence-electron chi connectivity index (χ2n) is 2.84. The largest absolute Gasteiger partial charge is 0.495 e. The summed E-state index contributed by atoms with van der Waals surface area (Å²) in [5.41, 5.74) is 0. The van der Waals surface area contributed by atoms with Crippen LogP contribution in [0.5, 0.6) is 5.75 Å². The number of halogens is 1. The van der Waals surface area contributed by atoms with Gasteiger partial charge in [-0.25, -0.2) is 8.42 Å². The fraction of sp³-hybridized carbons (Fsp3) is 0.333. The van der Waals surface area contributed by atoms with E-state index >= 15 is 0 Å². The Morgan fingerprint density at radius 1 is 1.47 bits per heavy atom. The summed E-state index contributed by atoms with van der Waals surface area (Å²) in [5, 5.41) is 8.83. The van der Waals surface area contributed by atoms with Gasteiger partial charge in [-0.2, -0.15) is 0 Å². The van der Waals surface area contributed by atoms with Crippen molar-refractivity contribution in [3.8, 4) is 5.75 Å². The standard InChI is InChI=1S/C9H11ClO4S/c1-14-9-3-2-7(6-8(9)10)15(12,13)5-4-11/h2-3,6,11H,4-5H2,1H3. The van der Waals surface area contributed by atoms with E-state index in [0.29, 0.717) is 5.75 Å². The molecule has 6 heteroatoms. The molecule has 0 spiro atoms. The quantitative estimate of drug-likeness (QED) is 0.870. The fourth-order valence-electron chi connectivity index (χ4n) is 1.08. The van der Waals surface area contributed by atoms with Gasteiger partial charge in [0.05, 0.1) is 29.4 Å². The number of hydrogen-bond acceptors (Lipinski definition) is 4. The second kappa shape index (κ2) is 4.83. The van der Waals surface area contributed by atoms with Gasteiger partial charge in [0.1, 0.15) is 5.75 Å². The Kier molecular flexibility index (Phi) is 3.96. The second-order valence-corrected chi connectivity index (χ2v) is 5.36. The SMILES string of the molecule is COc1ccc(S(=O)(=O)CCO)cc1Cl. The average molecular weight is 251 g/mol. The highest BCUT2D eigenvalue weighted by Crippen LogP contribution is 2.27. The third kappa shape index (κ3) is 2.84. The molecule has 0 unspecified atom stereocenters. The van der Waals surface area contributed by atoms with Gasteiger partial charge in [0, 0.05) is 0 Å². The van der Waals surface area contributed by atoms with Crippen molar-refractivity contribution in [3.05, 3.63) is 23.2 Å². The Balaban J connectivity index is 3.13. The van der Waals surface area contributed by atoms with E-state index in [1.54, 1.807) is 0 Å². The summed E-state index contributed by atoms with van der Waals surface area (Å²) >= 11 is 5.78. The van der Waals surface area contributed by atoms with Crippen LogP contribution in [0.3, 0.4) is 0 Å². The lowest BCUT2D eigenvalue weighted by Gasteiger charge is -2.06. The zero-order chi connectivity index (χ0) is 11.5. The summed E-state index contributed by atoms with van der Waals surface area (Å²) in [6.07, 6.45) is 0. The molecule has 0 amide bonds. The van der Waals surface area contributed by atoms with Gasteiger partial charge in [0.15, 0.2) is 9.84 Å². The zero-order valence-corrected chi connectivity index (χ0v) is 9.68. The summed E-state index contributed by atoms with van der Waals surface area (Å²) in [6, 6.07) is 4.19. The van der Waals surface area contributed by atoms with E-state index in [9.17, 15) is 8.42 Å². The molecule has 0 radical (unpaired) electrons. The van der Waals surface area contributed by atoms with Gasteiger partial charge >= 0.3 is 0 Å². The molecular weight excluding hydrogens is 240 g/mol. The first kappa shape index (κ1) is 12.3. The molecule has 0 fully saturated rings. The van der Waals surface area contributed by atoms with Gasteiger partial charge in [0.25, 0.3) is 0 Å². The van der Waals surface area contributed by atoms with Crippen LogP contribution in [0, 0.1) is 0 Å². The van der Waals surface area contributed by atoms with E-state index < -0.39 is 16.4 Å². The van der Waals surface area contributed by atoms with Gasteiger partial charge in [-0.3, -0.25) is 0 Å². The molecule has 0 aliphatic carbocycles. The Bertz CT molecular complexity index is 441. The van der Waals surface area contributed by atoms with E-state index in [2.05, 4.69) is 0 Å². The molecule has 0 heterocycles. The molecule has 1 N–H and O–H groups in total. The van der Waals surface area contributed by atoms with Gasteiger partial charge in [-0.05, 0) is 18.2 Å². The number of benzene rings is 1. The van der Waals surface area contributed by atoms with Crippen molar-refractivity contribution in [2.45, 2.75) is 4.90 Å². The van der Waals surface area contributed by atoms with E-state index in [1.165, 1.54) is 25.3 Å². The minimum absolute atomic E-state index is 0.0855. The zero-order valence-electron chi connectivity index (χ0n) is 8.10. The molecule has 0 aliphatic heterocycles. The normalized spacial score (nSPS) is 11.4. The van der Waals surface area contributed by atoms with Crippen LogP contribution >= 0.6 is 11.6 Å². The molecule has 0 atom stereocenters. The van der Waals surface area contributed by atoms with Crippen molar-refractivity contribution in [2.75, 3.05) is 19.5 Å². The molecular formula is C9H11ClO4S. The molecule has 0 bridgehead atoms. The Morgan fingerprint density at radius 2 is 2.13 bits per heavy atom. The molecule has 1 rings (SSSR count). The highest BCUT2D eigenvalue weighted by Gasteiger charge is 2.15. The van der Waals surface area contributed by atoms with Crippen LogP contribution in [0.1, 0.15) is 0 Å². The number of ether oxygens (including phenoxy) is 1. The Hall–Kier alpha value is -0.780. The number of aliphatic hydroxyl groups is 1. The predicted octanol–water partition coefficient (Wildman–Crippen LogP) is 1.11. The lowest BCUT2D eigenvalue weighted by molar-refractivity contribution is 0.319. The molecule has 0 aliphatic rings. The fourth-order valence-corrected chi connectivity index (χ4v) is 2.45. The van der Waals surface area contributed by atoms with Crippen molar-refractivity contribution in [1.82, 2.24) is 0 Å².